The highest BCUT2D eigenvalue weighted by atomic mass is 32.1. The molecule has 5 heteroatoms. The van der Waals surface area contributed by atoms with Gasteiger partial charge in [0.25, 0.3) is 0 Å². The number of anilines is 1. The lowest BCUT2D eigenvalue weighted by Gasteiger charge is -2.22. The molecule has 17 heavy (non-hydrogen) atoms. The normalized spacial score (nSPS) is 8.94. The lowest BCUT2D eigenvalue weighted by atomic mass is 10.3. The zero-order valence-corrected chi connectivity index (χ0v) is 11.0. The highest BCUT2D eigenvalue weighted by molar-refractivity contribution is 7.78. The second-order valence-electron chi connectivity index (χ2n) is 3.27. The number of hydrogen-bond donors (Lipinski definition) is 0. The van der Waals surface area contributed by atoms with Crippen molar-refractivity contribution in [3.8, 4) is 0 Å². The Bertz CT molecular complexity index is 399. The standard InChI is InChI=1S/C12H13N3S2/c16-10-13-6-8-15(9-7-14-11-17)12-4-2-1-3-5-12/h1-5H,6-9H2. The average molecular weight is 263 g/mol. The Morgan fingerprint density at radius 3 is 1.94 bits per heavy atom. The molecular weight excluding hydrogens is 250 g/mol. The fourth-order valence-corrected chi connectivity index (χ4v) is 1.62. The molecule has 0 atom stereocenters. The molecule has 0 amide bonds. The number of para-hydroxylation sites is 1. The van der Waals surface area contributed by atoms with Gasteiger partial charge in [-0.25, -0.2) is 9.98 Å². The fraction of sp³-hybridized carbons (Fsp3) is 0.333. The SMILES string of the molecule is S=C=NCCN(CCN=C=S)c1ccccc1. The largest absolute Gasteiger partial charge is 0.368 e. The van der Waals surface area contributed by atoms with Crippen LogP contribution in [0.2, 0.25) is 0 Å². The maximum atomic E-state index is 4.55. The Hall–Kier alpha value is -1.38. The first-order chi connectivity index (χ1) is 8.38. The first kappa shape index (κ1) is 13.7. The first-order valence-corrected chi connectivity index (χ1v) is 6.07. The summed E-state index contributed by atoms with van der Waals surface area (Å²) in [6, 6.07) is 10.1. The minimum Gasteiger partial charge on any atom is -0.368 e. The molecule has 1 rings (SSSR count). The summed E-state index contributed by atoms with van der Waals surface area (Å²) in [6.07, 6.45) is 0. The van der Waals surface area contributed by atoms with E-state index in [0.717, 1.165) is 18.8 Å². The van der Waals surface area contributed by atoms with Gasteiger partial charge in [0.2, 0.25) is 0 Å². The molecule has 88 valence electrons. The van der Waals surface area contributed by atoms with Crippen molar-refractivity contribution in [3.05, 3.63) is 30.3 Å². The van der Waals surface area contributed by atoms with Gasteiger partial charge in [0.1, 0.15) is 0 Å². The third kappa shape index (κ3) is 5.48. The summed E-state index contributed by atoms with van der Waals surface area (Å²) in [5.74, 6) is 0. The van der Waals surface area contributed by atoms with Crippen LogP contribution in [0.3, 0.4) is 0 Å². The molecule has 0 unspecified atom stereocenters. The predicted octanol–water partition coefficient (Wildman–Crippen LogP) is 2.70. The fourth-order valence-electron chi connectivity index (χ4n) is 1.44. The molecule has 0 aliphatic heterocycles. The van der Waals surface area contributed by atoms with Crippen LogP contribution in [0.1, 0.15) is 0 Å². The van der Waals surface area contributed by atoms with Crippen LogP contribution in [0, 0.1) is 0 Å². The van der Waals surface area contributed by atoms with E-state index in [1.165, 1.54) is 0 Å². The monoisotopic (exact) mass is 263 g/mol. The average Bonchev–Trinajstić information content (AvgIpc) is 2.38. The number of rotatable bonds is 7. The number of aliphatic imine (C=N–C) groups is 2. The molecule has 0 radical (unpaired) electrons. The highest BCUT2D eigenvalue weighted by Crippen LogP contribution is 2.12. The lowest BCUT2D eigenvalue weighted by molar-refractivity contribution is 0.787. The van der Waals surface area contributed by atoms with Gasteiger partial charge in [0.15, 0.2) is 0 Å². The van der Waals surface area contributed by atoms with Gasteiger partial charge < -0.3 is 4.90 Å². The van der Waals surface area contributed by atoms with Crippen molar-refractivity contribution in [3.63, 3.8) is 0 Å². The van der Waals surface area contributed by atoms with Gasteiger partial charge >= 0.3 is 0 Å². The minimum absolute atomic E-state index is 0.639. The molecule has 0 N–H and O–H groups in total. The summed E-state index contributed by atoms with van der Waals surface area (Å²) < 4.78 is 0. The molecule has 0 heterocycles. The Labute approximate surface area is 112 Å². The van der Waals surface area contributed by atoms with Gasteiger partial charge in [-0.05, 0) is 36.6 Å². The van der Waals surface area contributed by atoms with Crippen molar-refractivity contribution in [2.45, 2.75) is 0 Å². The minimum atomic E-state index is 0.639. The second kappa shape index (κ2) is 8.74. The molecule has 1 aromatic rings. The predicted molar refractivity (Wildman–Crippen MR) is 78.4 cm³/mol. The summed E-state index contributed by atoms with van der Waals surface area (Å²) in [7, 11) is 0. The quantitative estimate of drug-likeness (QED) is 0.559. The topological polar surface area (TPSA) is 28.0 Å². The van der Waals surface area contributed by atoms with Crippen molar-refractivity contribution in [2.75, 3.05) is 31.1 Å². The van der Waals surface area contributed by atoms with Crippen LogP contribution in [-0.4, -0.2) is 36.5 Å². The van der Waals surface area contributed by atoms with Crippen LogP contribution in [0.4, 0.5) is 5.69 Å². The van der Waals surface area contributed by atoms with Crippen molar-refractivity contribution in [1.82, 2.24) is 0 Å². The van der Waals surface area contributed by atoms with Crippen molar-refractivity contribution in [2.24, 2.45) is 9.98 Å². The molecule has 3 nitrogen and oxygen atoms in total. The second-order valence-corrected chi connectivity index (χ2v) is 3.63. The summed E-state index contributed by atoms with van der Waals surface area (Å²) in [5.41, 5.74) is 1.15. The van der Waals surface area contributed by atoms with Gasteiger partial charge in [0, 0.05) is 18.8 Å². The third-order valence-corrected chi connectivity index (χ3v) is 2.47. The van der Waals surface area contributed by atoms with E-state index in [-0.39, 0.29) is 0 Å². The van der Waals surface area contributed by atoms with Crippen LogP contribution in [-0.2, 0) is 0 Å². The highest BCUT2D eigenvalue weighted by Gasteiger charge is 2.04. The van der Waals surface area contributed by atoms with Crippen molar-refractivity contribution in [1.29, 1.82) is 0 Å². The molecule has 1 aromatic carbocycles. The van der Waals surface area contributed by atoms with Gasteiger partial charge in [0.05, 0.1) is 23.4 Å². The molecule has 0 saturated carbocycles. The smallest absolute Gasteiger partial charge is 0.0668 e. The van der Waals surface area contributed by atoms with Crippen molar-refractivity contribution < 1.29 is 0 Å². The molecule has 0 aliphatic rings. The molecule has 0 aliphatic carbocycles. The number of thiocarbonyl (C=S) groups is 2. The van der Waals surface area contributed by atoms with Crippen LogP contribution >= 0.6 is 24.4 Å². The molecular formula is C12H13N3S2. The Morgan fingerprint density at radius 1 is 0.941 bits per heavy atom. The Morgan fingerprint density at radius 2 is 1.47 bits per heavy atom. The molecule has 0 fully saturated rings. The van der Waals surface area contributed by atoms with Gasteiger partial charge in [-0.3, -0.25) is 0 Å². The van der Waals surface area contributed by atoms with E-state index < -0.39 is 0 Å². The van der Waals surface area contributed by atoms with Crippen LogP contribution in [0.5, 0.6) is 0 Å². The van der Waals surface area contributed by atoms with Crippen molar-refractivity contribution >= 4 is 40.4 Å². The van der Waals surface area contributed by atoms with Crippen LogP contribution in [0.15, 0.2) is 40.3 Å². The molecule has 0 saturated heterocycles. The lowest BCUT2D eigenvalue weighted by Crippen LogP contribution is -2.28. The molecule has 0 bridgehead atoms. The number of isothiocyanates is 2. The zero-order chi connectivity index (χ0) is 12.3. The van der Waals surface area contributed by atoms with Crippen LogP contribution in [0.25, 0.3) is 0 Å². The summed E-state index contributed by atoms with van der Waals surface area (Å²) in [4.78, 5) is 10.0. The summed E-state index contributed by atoms with van der Waals surface area (Å²) in [5, 5.41) is 4.74. The maximum Gasteiger partial charge on any atom is 0.0668 e. The zero-order valence-electron chi connectivity index (χ0n) is 9.37. The number of nitrogens with zero attached hydrogens (tertiary/aromatic N) is 3. The number of benzene rings is 1. The molecule has 0 aromatic heterocycles. The van der Waals surface area contributed by atoms with Gasteiger partial charge in [-0.2, -0.15) is 0 Å². The Kier molecular flexibility index (Phi) is 7.03. The van der Waals surface area contributed by atoms with Crippen LogP contribution < -0.4 is 4.90 Å². The maximum absolute atomic E-state index is 4.55. The molecule has 0 spiro atoms. The van der Waals surface area contributed by atoms with E-state index in [9.17, 15) is 0 Å². The summed E-state index contributed by atoms with van der Waals surface area (Å²) in [6.45, 7) is 2.86. The van der Waals surface area contributed by atoms with Gasteiger partial charge in [-0.15, -0.1) is 0 Å². The van der Waals surface area contributed by atoms with Gasteiger partial charge in [-0.1, -0.05) is 18.2 Å². The van der Waals surface area contributed by atoms with E-state index in [0.29, 0.717) is 13.1 Å². The van der Waals surface area contributed by atoms with E-state index in [4.69, 9.17) is 0 Å². The first-order valence-electron chi connectivity index (χ1n) is 5.25. The van der Waals surface area contributed by atoms with E-state index in [1.54, 1.807) is 0 Å². The Balaban J connectivity index is 2.64. The van der Waals surface area contributed by atoms with E-state index in [1.807, 2.05) is 18.2 Å². The van der Waals surface area contributed by atoms with E-state index in [2.05, 4.69) is 61.8 Å². The van der Waals surface area contributed by atoms with E-state index >= 15 is 0 Å². The third-order valence-electron chi connectivity index (χ3n) is 2.21. The number of hydrogen-bond acceptors (Lipinski definition) is 5. The summed E-state index contributed by atoms with van der Waals surface area (Å²) >= 11 is 9.10.